The van der Waals surface area contributed by atoms with Gasteiger partial charge in [-0.05, 0) is 18.2 Å². The number of esters is 1. The van der Waals surface area contributed by atoms with Crippen molar-refractivity contribution >= 4 is 11.7 Å². The first-order chi connectivity index (χ1) is 8.83. The number of nitrogen functional groups attached to an aromatic ring is 1. The van der Waals surface area contributed by atoms with E-state index in [0.717, 1.165) is 0 Å². The van der Waals surface area contributed by atoms with Crippen LogP contribution >= 0.6 is 0 Å². The van der Waals surface area contributed by atoms with Crippen LogP contribution in [0.4, 0.5) is 18.9 Å². The Balaban J connectivity index is 2.60. The van der Waals surface area contributed by atoms with Gasteiger partial charge in [0.2, 0.25) is 0 Å². The molecule has 0 aromatic heterocycles. The molecule has 1 aromatic carbocycles. The molecule has 106 valence electrons. The highest BCUT2D eigenvalue weighted by molar-refractivity contribution is 5.90. The Morgan fingerprint density at radius 2 is 2.00 bits per heavy atom. The topological polar surface area (TPSA) is 70.8 Å². The molecule has 0 aliphatic heterocycles. The first-order valence-corrected chi connectivity index (χ1v) is 5.15. The van der Waals surface area contributed by atoms with Gasteiger partial charge in [-0.1, -0.05) is 0 Å². The quantitative estimate of drug-likeness (QED) is 0.507. The van der Waals surface area contributed by atoms with Crippen molar-refractivity contribution in [1.82, 2.24) is 0 Å². The van der Waals surface area contributed by atoms with E-state index in [9.17, 15) is 18.0 Å². The Labute approximate surface area is 107 Å². The van der Waals surface area contributed by atoms with Crippen LogP contribution in [0.15, 0.2) is 18.2 Å². The van der Waals surface area contributed by atoms with Gasteiger partial charge in [-0.25, -0.2) is 4.79 Å². The van der Waals surface area contributed by atoms with E-state index in [4.69, 9.17) is 10.5 Å². The van der Waals surface area contributed by atoms with Crippen LogP contribution in [0.3, 0.4) is 0 Å². The molecular formula is C11H12F3NO4. The molecule has 0 atom stereocenters. The molecule has 1 aromatic rings. The van der Waals surface area contributed by atoms with Gasteiger partial charge in [0.25, 0.3) is 0 Å². The number of alkyl halides is 3. The van der Waals surface area contributed by atoms with Crippen LogP contribution in [0.25, 0.3) is 0 Å². The summed E-state index contributed by atoms with van der Waals surface area (Å²) in [7, 11) is 1.20. The number of rotatable bonds is 5. The zero-order chi connectivity index (χ0) is 14.5. The van der Waals surface area contributed by atoms with E-state index in [0.29, 0.717) is 0 Å². The number of anilines is 1. The molecule has 0 bridgehead atoms. The van der Waals surface area contributed by atoms with Crippen molar-refractivity contribution in [3.05, 3.63) is 23.8 Å². The summed E-state index contributed by atoms with van der Waals surface area (Å²) in [4.78, 5) is 11.2. The second kappa shape index (κ2) is 6.28. The van der Waals surface area contributed by atoms with Gasteiger partial charge in [-0.15, -0.1) is 13.2 Å². The minimum Gasteiger partial charge on any atom is -0.489 e. The van der Waals surface area contributed by atoms with E-state index in [1.807, 2.05) is 0 Å². The molecule has 0 spiro atoms. The van der Waals surface area contributed by atoms with E-state index in [-0.39, 0.29) is 23.6 Å². The molecule has 0 saturated carbocycles. The Hall–Kier alpha value is -1.96. The van der Waals surface area contributed by atoms with Crippen LogP contribution in [-0.4, -0.2) is 32.7 Å². The number of hydrogen-bond donors (Lipinski definition) is 1. The van der Waals surface area contributed by atoms with E-state index in [1.165, 1.54) is 25.3 Å². The summed E-state index contributed by atoms with van der Waals surface area (Å²) in [6, 6.07) is 4.10. The summed E-state index contributed by atoms with van der Waals surface area (Å²) in [6.45, 7) is -1.03. The zero-order valence-electron chi connectivity index (χ0n) is 9.99. The molecule has 0 heterocycles. The summed E-state index contributed by atoms with van der Waals surface area (Å²) < 4.78 is 48.2. The van der Waals surface area contributed by atoms with Gasteiger partial charge >= 0.3 is 12.3 Å². The minimum atomic E-state index is -4.71. The molecule has 0 saturated heterocycles. The molecule has 19 heavy (non-hydrogen) atoms. The first kappa shape index (κ1) is 15.1. The summed E-state index contributed by atoms with van der Waals surface area (Å²) in [5.41, 5.74) is 5.94. The third kappa shape index (κ3) is 5.04. The van der Waals surface area contributed by atoms with Crippen molar-refractivity contribution in [2.75, 3.05) is 26.1 Å². The predicted molar refractivity (Wildman–Crippen MR) is 59.7 cm³/mol. The molecule has 0 aliphatic rings. The lowest BCUT2D eigenvalue weighted by molar-refractivity contribution is -0.325. The van der Waals surface area contributed by atoms with Crippen molar-refractivity contribution in [3.8, 4) is 5.75 Å². The van der Waals surface area contributed by atoms with Crippen LogP contribution in [0.5, 0.6) is 5.75 Å². The number of halogens is 3. The summed E-state index contributed by atoms with van der Waals surface area (Å²) in [6.07, 6.45) is -4.71. The fraction of sp³-hybridized carbons (Fsp3) is 0.364. The molecule has 0 fully saturated rings. The lowest BCUT2D eigenvalue weighted by Crippen LogP contribution is -2.18. The average molecular weight is 279 g/mol. The molecule has 5 nitrogen and oxygen atoms in total. The Morgan fingerprint density at radius 3 is 2.58 bits per heavy atom. The lowest BCUT2D eigenvalue weighted by atomic mass is 10.2. The lowest BCUT2D eigenvalue weighted by Gasteiger charge is -2.11. The van der Waals surface area contributed by atoms with Gasteiger partial charge in [0, 0.05) is 0 Å². The standard InChI is InChI=1S/C11H12F3NO4/c1-17-10(16)7-2-3-8(15)9(6-7)18-4-5-19-11(12,13)14/h2-3,6H,4-5,15H2,1H3. The van der Waals surface area contributed by atoms with Gasteiger partial charge in [-0.3, -0.25) is 4.74 Å². The van der Waals surface area contributed by atoms with Gasteiger partial charge in [0.15, 0.2) is 0 Å². The molecule has 0 unspecified atom stereocenters. The molecule has 0 aliphatic carbocycles. The van der Waals surface area contributed by atoms with Crippen LogP contribution < -0.4 is 10.5 Å². The maximum absolute atomic E-state index is 11.7. The van der Waals surface area contributed by atoms with Crippen LogP contribution in [0.1, 0.15) is 10.4 Å². The molecule has 1 rings (SSSR count). The molecule has 8 heteroatoms. The predicted octanol–water partition coefficient (Wildman–Crippen LogP) is 1.97. The van der Waals surface area contributed by atoms with E-state index in [2.05, 4.69) is 9.47 Å². The normalized spacial score (nSPS) is 11.2. The first-order valence-electron chi connectivity index (χ1n) is 5.15. The number of hydrogen-bond acceptors (Lipinski definition) is 5. The van der Waals surface area contributed by atoms with Crippen LogP contribution in [0.2, 0.25) is 0 Å². The Morgan fingerprint density at radius 1 is 1.32 bits per heavy atom. The largest absolute Gasteiger partial charge is 0.522 e. The van der Waals surface area contributed by atoms with Crippen molar-refractivity contribution in [1.29, 1.82) is 0 Å². The number of carbonyl (C=O) groups excluding carboxylic acids is 1. The Kier molecular flexibility index (Phi) is 4.99. The number of nitrogens with two attached hydrogens (primary N) is 1. The fourth-order valence-corrected chi connectivity index (χ4v) is 1.21. The van der Waals surface area contributed by atoms with Crippen LogP contribution in [0, 0.1) is 0 Å². The Bertz CT molecular complexity index is 448. The summed E-state index contributed by atoms with van der Waals surface area (Å²) in [5.74, 6) is -0.509. The maximum Gasteiger partial charge on any atom is 0.522 e. The number of methoxy groups -OCH3 is 1. The highest BCUT2D eigenvalue weighted by Crippen LogP contribution is 2.23. The SMILES string of the molecule is COC(=O)c1ccc(N)c(OCCOC(F)(F)F)c1. The fourth-order valence-electron chi connectivity index (χ4n) is 1.21. The molecule has 2 N–H and O–H groups in total. The van der Waals surface area contributed by atoms with Crippen LogP contribution in [-0.2, 0) is 9.47 Å². The summed E-state index contributed by atoms with van der Waals surface area (Å²) >= 11 is 0. The van der Waals surface area contributed by atoms with Gasteiger partial charge in [0.05, 0.1) is 25.0 Å². The monoisotopic (exact) mass is 279 g/mol. The van der Waals surface area contributed by atoms with E-state index in [1.54, 1.807) is 0 Å². The number of ether oxygens (including phenoxy) is 3. The van der Waals surface area contributed by atoms with Crippen molar-refractivity contribution in [2.24, 2.45) is 0 Å². The van der Waals surface area contributed by atoms with Crippen molar-refractivity contribution in [3.63, 3.8) is 0 Å². The second-order valence-electron chi connectivity index (χ2n) is 3.39. The maximum atomic E-state index is 11.7. The number of benzene rings is 1. The smallest absolute Gasteiger partial charge is 0.489 e. The third-order valence-electron chi connectivity index (χ3n) is 2.04. The van der Waals surface area contributed by atoms with Gasteiger partial charge < -0.3 is 15.2 Å². The second-order valence-corrected chi connectivity index (χ2v) is 3.39. The van der Waals surface area contributed by atoms with Crippen molar-refractivity contribution in [2.45, 2.75) is 6.36 Å². The summed E-state index contributed by atoms with van der Waals surface area (Å²) in [5, 5.41) is 0. The molecular weight excluding hydrogens is 267 g/mol. The van der Waals surface area contributed by atoms with Gasteiger partial charge in [-0.2, -0.15) is 0 Å². The highest BCUT2D eigenvalue weighted by Gasteiger charge is 2.28. The van der Waals surface area contributed by atoms with Gasteiger partial charge in [0.1, 0.15) is 12.4 Å². The third-order valence-corrected chi connectivity index (χ3v) is 2.04. The number of carbonyl (C=O) groups is 1. The molecule has 0 amide bonds. The molecule has 0 radical (unpaired) electrons. The van der Waals surface area contributed by atoms with Crippen molar-refractivity contribution < 1.29 is 32.2 Å². The highest BCUT2D eigenvalue weighted by atomic mass is 19.4. The minimum absolute atomic E-state index is 0.0914. The zero-order valence-corrected chi connectivity index (χ0v) is 9.99. The van der Waals surface area contributed by atoms with E-state index < -0.39 is 18.9 Å². The average Bonchev–Trinajstić information content (AvgIpc) is 2.34. The van der Waals surface area contributed by atoms with E-state index >= 15 is 0 Å².